The third-order valence-electron chi connectivity index (χ3n) is 3.38. The Labute approximate surface area is 117 Å². The molecule has 0 saturated heterocycles. The Hall–Kier alpha value is -2.43. The molecule has 0 fully saturated rings. The summed E-state index contributed by atoms with van der Waals surface area (Å²) in [7, 11) is 0. The Morgan fingerprint density at radius 3 is 2.80 bits per heavy atom. The fourth-order valence-electron chi connectivity index (χ4n) is 2.45. The Kier molecular flexibility index (Phi) is 3.58. The standard InChI is InChI=1S/C15H15N3O2/c19-18-13-6-1-5-12-11(13)4-2-7-14(12)20-10-15-16-8-3-9-17-15/h2-4,7-9,19H,1,5-6,10H2. The zero-order chi connectivity index (χ0) is 13.8. The second-order valence-corrected chi connectivity index (χ2v) is 4.64. The summed E-state index contributed by atoms with van der Waals surface area (Å²) < 4.78 is 5.82. The summed E-state index contributed by atoms with van der Waals surface area (Å²) in [4.78, 5) is 8.27. The number of ether oxygens (including phenoxy) is 1. The van der Waals surface area contributed by atoms with Gasteiger partial charge < -0.3 is 9.94 Å². The highest BCUT2D eigenvalue weighted by Crippen LogP contribution is 2.30. The number of fused-ring (bicyclic) bond motifs is 1. The third-order valence-corrected chi connectivity index (χ3v) is 3.38. The summed E-state index contributed by atoms with van der Waals surface area (Å²) in [5, 5.41) is 12.4. The minimum absolute atomic E-state index is 0.336. The lowest BCUT2D eigenvalue weighted by Crippen LogP contribution is -2.13. The monoisotopic (exact) mass is 269 g/mol. The lowest BCUT2D eigenvalue weighted by Gasteiger charge is -2.20. The van der Waals surface area contributed by atoms with Crippen LogP contribution in [0.3, 0.4) is 0 Å². The van der Waals surface area contributed by atoms with Crippen LogP contribution in [0.15, 0.2) is 41.8 Å². The molecule has 1 aliphatic carbocycles. The van der Waals surface area contributed by atoms with Crippen molar-refractivity contribution in [2.75, 3.05) is 0 Å². The SMILES string of the molecule is ON=C1CCCc2c(OCc3ncccn3)cccc21. The molecule has 2 aromatic rings. The van der Waals surface area contributed by atoms with Crippen LogP contribution in [-0.4, -0.2) is 20.9 Å². The molecule has 0 spiro atoms. The van der Waals surface area contributed by atoms with Crippen molar-refractivity contribution in [2.45, 2.75) is 25.9 Å². The van der Waals surface area contributed by atoms with E-state index in [2.05, 4.69) is 15.1 Å². The van der Waals surface area contributed by atoms with Crippen molar-refractivity contribution in [1.82, 2.24) is 9.97 Å². The van der Waals surface area contributed by atoms with Gasteiger partial charge in [0.15, 0.2) is 5.82 Å². The molecule has 5 nitrogen and oxygen atoms in total. The van der Waals surface area contributed by atoms with E-state index in [4.69, 9.17) is 9.94 Å². The number of aromatic nitrogens is 2. The topological polar surface area (TPSA) is 67.6 Å². The van der Waals surface area contributed by atoms with Crippen molar-refractivity contribution in [2.24, 2.45) is 5.16 Å². The van der Waals surface area contributed by atoms with E-state index in [1.165, 1.54) is 0 Å². The van der Waals surface area contributed by atoms with Gasteiger partial charge in [0, 0.05) is 23.5 Å². The molecule has 0 amide bonds. The van der Waals surface area contributed by atoms with E-state index in [1.54, 1.807) is 18.5 Å². The van der Waals surface area contributed by atoms with Crippen molar-refractivity contribution < 1.29 is 9.94 Å². The Balaban J connectivity index is 1.84. The maximum absolute atomic E-state index is 9.06. The first-order valence-corrected chi connectivity index (χ1v) is 6.60. The minimum Gasteiger partial charge on any atom is -0.485 e. The first-order chi connectivity index (χ1) is 9.88. The van der Waals surface area contributed by atoms with E-state index >= 15 is 0 Å². The highest BCUT2D eigenvalue weighted by molar-refractivity contribution is 6.02. The van der Waals surface area contributed by atoms with Crippen molar-refractivity contribution in [3.05, 3.63) is 53.6 Å². The molecule has 0 radical (unpaired) electrons. The predicted octanol–water partition coefficient (Wildman–Crippen LogP) is 2.57. The van der Waals surface area contributed by atoms with Gasteiger partial charge >= 0.3 is 0 Å². The summed E-state index contributed by atoms with van der Waals surface area (Å²) in [6.07, 6.45) is 6.09. The maximum Gasteiger partial charge on any atom is 0.166 e. The summed E-state index contributed by atoms with van der Waals surface area (Å²) in [6.45, 7) is 0.336. The van der Waals surface area contributed by atoms with Crippen molar-refractivity contribution in [1.29, 1.82) is 0 Å². The molecule has 0 saturated carbocycles. The largest absolute Gasteiger partial charge is 0.485 e. The highest BCUT2D eigenvalue weighted by Gasteiger charge is 2.19. The molecule has 20 heavy (non-hydrogen) atoms. The summed E-state index contributed by atoms with van der Waals surface area (Å²) in [6, 6.07) is 7.59. The molecule has 102 valence electrons. The Bertz CT molecular complexity index is 626. The van der Waals surface area contributed by atoms with Crippen molar-refractivity contribution in [3.63, 3.8) is 0 Å². The normalized spacial score (nSPS) is 15.9. The number of nitrogens with zero attached hydrogens (tertiary/aromatic N) is 3. The molecular formula is C15H15N3O2. The minimum atomic E-state index is 0.336. The number of benzene rings is 1. The van der Waals surface area contributed by atoms with Gasteiger partial charge in [-0.2, -0.15) is 0 Å². The van der Waals surface area contributed by atoms with Gasteiger partial charge in [0.1, 0.15) is 12.4 Å². The molecular weight excluding hydrogens is 254 g/mol. The molecule has 1 aromatic carbocycles. The zero-order valence-electron chi connectivity index (χ0n) is 11.0. The summed E-state index contributed by atoms with van der Waals surface area (Å²) in [5.74, 6) is 1.47. The number of hydrogen-bond donors (Lipinski definition) is 1. The molecule has 0 aliphatic heterocycles. The van der Waals surface area contributed by atoms with Gasteiger partial charge in [0.2, 0.25) is 0 Å². The molecule has 0 unspecified atom stereocenters. The van der Waals surface area contributed by atoms with Gasteiger partial charge in [-0.15, -0.1) is 0 Å². The highest BCUT2D eigenvalue weighted by atomic mass is 16.5. The van der Waals surface area contributed by atoms with Crippen LogP contribution >= 0.6 is 0 Å². The number of rotatable bonds is 3. The smallest absolute Gasteiger partial charge is 0.166 e. The van der Waals surface area contributed by atoms with E-state index in [-0.39, 0.29) is 0 Å². The van der Waals surface area contributed by atoms with Crippen LogP contribution in [0.2, 0.25) is 0 Å². The molecule has 1 aliphatic rings. The van der Waals surface area contributed by atoms with Crippen LogP contribution in [0.1, 0.15) is 29.8 Å². The van der Waals surface area contributed by atoms with Crippen LogP contribution < -0.4 is 4.74 Å². The number of oxime groups is 1. The van der Waals surface area contributed by atoms with Gasteiger partial charge in [-0.3, -0.25) is 0 Å². The zero-order valence-corrected chi connectivity index (χ0v) is 11.0. The van der Waals surface area contributed by atoms with Crippen LogP contribution in [-0.2, 0) is 13.0 Å². The van der Waals surface area contributed by atoms with E-state index in [0.29, 0.717) is 12.4 Å². The average Bonchev–Trinajstić information content (AvgIpc) is 2.53. The second kappa shape index (κ2) is 5.69. The fourth-order valence-corrected chi connectivity index (χ4v) is 2.45. The Morgan fingerprint density at radius 1 is 1.15 bits per heavy atom. The van der Waals surface area contributed by atoms with Crippen molar-refractivity contribution >= 4 is 5.71 Å². The first-order valence-electron chi connectivity index (χ1n) is 6.60. The lowest BCUT2D eigenvalue weighted by molar-refractivity contribution is 0.292. The van der Waals surface area contributed by atoms with E-state index in [1.807, 2.05) is 18.2 Å². The molecule has 0 bridgehead atoms. The lowest BCUT2D eigenvalue weighted by atomic mass is 9.89. The second-order valence-electron chi connectivity index (χ2n) is 4.64. The number of hydrogen-bond acceptors (Lipinski definition) is 5. The summed E-state index contributed by atoms with van der Waals surface area (Å²) in [5.41, 5.74) is 2.81. The van der Waals surface area contributed by atoms with Gasteiger partial charge in [0.25, 0.3) is 0 Å². The van der Waals surface area contributed by atoms with Crippen LogP contribution in [0.25, 0.3) is 0 Å². The van der Waals surface area contributed by atoms with Crippen molar-refractivity contribution in [3.8, 4) is 5.75 Å². The summed E-state index contributed by atoms with van der Waals surface area (Å²) >= 11 is 0. The first kappa shape index (κ1) is 12.6. The quantitative estimate of drug-likeness (QED) is 0.687. The maximum atomic E-state index is 9.06. The molecule has 1 N–H and O–H groups in total. The van der Waals surface area contributed by atoms with E-state index in [9.17, 15) is 0 Å². The van der Waals surface area contributed by atoms with Crippen LogP contribution in [0, 0.1) is 0 Å². The van der Waals surface area contributed by atoms with Crippen LogP contribution in [0.4, 0.5) is 0 Å². The van der Waals surface area contributed by atoms with Gasteiger partial charge in [-0.05, 0) is 31.4 Å². The third kappa shape index (κ3) is 2.47. The Morgan fingerprint density at radius 2 is 2.00 bits per heavy atom. The average molecular weight is 269 g/mol. The molecule has 5 heteroatoms. The van der Waals surface area contributed by atoms with Gasteiger partial charge in [-0.1, -0.05) is 17.3 Å². The molecule has 3 rings (SSSR count). The molecule has 1 heterocycles. The molecule has 1 aromatic heterocycles. The predicted molar refractivity (Wildman–Crippen MR) is 74.1 cm³/mol. The van der Waals surface area contributed by atoms with E-state index < -0.39 is 0 Å². The fraction of sp³-hybridized carbons (Fsp3) is 0.267. The van der Waals surface area contributed by atoms with Gasteiger partial charge in [0.05, 0.1) is 5.71 Å². The van der Waals surface area contributed by atoms with E-state index in [0.717, 1.165) is 41.9 Å². The van der Waals surface area contributed by atoms with Crippen LogP contribution in [0.5, 0.6) is 5.75 Å². The van der Waals surface area contributed by atoms with Gasteiger partial charge in [-0.25, -0.2) is 9.97 Å². The molecule has 0 atom stereocenters.